The van der Waals surface area contributed by atoms with Crippen LogP contribution in [0.5, 0.6) is 0 Å². The average Bonchev–Trinajstić information content (AvgIpc) is 2.67. The van der Waals surface area contributed by atoms with Crippen molar-refractivity contribution in [3.05, 3.63) is 57.5 Å². The lowest BCUT2D eigenvalue weighted by Gasteiger charge is -2.31. The molecule has 0 atom stereocenters. The SMILES string of the molecule is COC1CCN(C(=O)c2nn(-c3ccccc3C(F)(F)F)c(C)cc2=O)CC1. The Kier molecular flexibility index (Phi) is 5.55. The van der Waals surface area contributed by atoms with Crippen LogP contribution in [-0.2, 0) is 10.9 Å². The Morgan fingerprint density at radius 1 is 1.21 bits per heavy atom. The summed E-state index contributed by atoms with van der Waals surface area (Å²) in [5.41, 5.74) is -1.93. The zero-order chi connectivity index (χ0) is 20.5. The van der Waals surface area contributed by atoms with Crippen LogP contribution in [0.3, 0.4) is 0 Å². The van der Waals surface area contributed by atoms with Gasteiger partial charge >= 0.3 is 6.18 Å². The van der Waals surface area contributed by atoms with Crippen molar-refractivity contribution in [1.29, 1.82) is 0 Å². The fourth-order valence-electron chi connectivity index (χ4n) is 3.28. The van der Waals surface area contributed by atoms with E-state index >= 15 is 0 Å². The predicted molar refractivity (Wildman–Crippen MR) is 95.5 cm³/mol. The van der Waals surface area contributed by atoms with Crippen LogP contribution in [0, 0.1) is 6.92 Å². The standard InChI is InChI=1S/C19H20F3N3O3/c1-12-11-16(26)17(18(27)24-9-7-13(28-2)8-10-24)23-25(12)15-6-4-3-5-14(15)19(20,21)22/h3-6,11,13H,7-10H2,1-2H3. The van der Waals surface area contributed by atoms with E-state index < -0.39 is 28.8 Å². The molecular formula is C19H20F3N3O3. The lowest BCUT2D eigenvalue weighted by Crippen LogP contribution is -2.43. The highest BCUT2D eigenvalue weighted by atomic mass is 19.4. The van der Waals surface area contributed by atoms with E-state index in [0.717, 1.165) is 16.8 Å². The fourth-order valence-corrected chi connectivity index (χ4v) is 3.28. The second-order valence-corrected chi connectivity index (χ2v) is 6.65. The van der Waals surface area contributed by atoms with Crippen LogP contribution in [-0.4, -0.2) is 46.9 Å². The number of piperidine rings is 1. The molecule has 0 N–H and O–H groups in total. The quantitative estimate of drug-likeness (QED) is 0.802. The van der Waals surface area contributed by atoms with E-state index in [1.165, 1.54) is 30.0 Å². The van der Waals surface area contributed by atoms with E-state index in [-0.39, 0.29) is 17.5 Å². The lowest BCUT2D eigenvalue weighted by molar-refractivity contribution is -0.137. The van der Waals surface area contributed by atoms with Crippen molar-refractivity contribution in [3.8, 4) is 5.69 Å². The number of hydrogen-bond donors (Lipinski definition) is 0. The summed E-state index contributed by atoms with van der Waals surface area (Å²) in [5, 5.41) is 4.01. The van der Waals surface area contributed by atoms with E-state index in [1.54, 1.807) is 7.11 Å². The molecule has 3 rings (SSSR count). The number of hydrogen-bond acceptors (Lipinski definition) is 4. The highest BCUT2D eigenvalue weighted by Crippen LogP contribution is 2.33. The minimum atomic E-state index is -4.60. The van der Waals surface area contributed by atoms with Crippen molar-refractivity contribution in [2.75, 3.05) is 20.2 Å². The molecule has 0 aliphatic carbocycles. The van der Waals surface area contributed by atoms with Crippen molar-refractivity contribution in [3.63, 3.8) is 0 Å². The zero-order valence-electron chi connectivity index (χ0n) is 15.5. The number of amides is 1. The van der Waals surface area contributed by atoms with Gasteiger partial charge in [0.05, 0.1) is 17.4 Å². The molecule has 1 aliphatic rings. The normalized spacial score (nSPS) is 15.7. The Balaban J connectivity index is 2.01. The maximum absolute atomic E-state index is 13.4. The van der Waals surface area contributed by atoms with E-state index in [0.29, 0.717) is 25.9 Å². The number of ether oxygens (including phenoxy) is 1. The van der Waals surface area contributed by atoms with Crippen LogP contribution >= 0.6 is 0 Å². The maximum atomic E-state index is 13.4. The zero-order valence-corrected chi connectivity index (χ0v) is 15.5. The van der Waals surface area contributed by atoms with Crippen LogP contribution in [0.25, 0.3) is 5.69 Å². The number of benzene rings is 1. The molecule has 1 saturated heterocycles. The molecule has 2 aromatic rings. The molecule has 0 saturated carbocycles. The molecule has 0 spiro atoms. The van der Waals surface area contributed by atoms with Gasteiger partial charge in [-0.05, 0) is 31.9 Å². The first-order valence-corrected chi connectivity index (χ1v) is 8.82. The third-order valence-corrected chi connectivity index (χ3v) is 4.81. The summed E-state index contributed by atoms with van der Waals surface area (Å²) < 4.78 is 46.4. The average molecular weight is 395 g/mol. The number of alkyl halides is 3. The van der Waals surface area contributed by atoms with Gasteiger partial charge in [0.2, 0.25) is 5.43 Å². The van der Waals surface area contributed by atoms with Gasteiger partial charge in [-0.25, -0.2) is 4.68 Å². The Hall–Kier alpha value is -2.68. The highest BCUT2D eigenvalue weighted by Gasteiger charge is 2.34. The monoisotopic (exact) mass is 395 g/mol. The number of methoxy groups -OCH3 is 1. The third kappa shape index (κ3) is 3.94. The molecule has 1 amide bonds. The minimum Gasteiger partial charge on any atom is -0.381 e. The molecular weight excluding hydrogens is 375 g/mol. The number of aryl methyl sites for hydroxylation is 1. The van der Waals surface area contributed by atoms with Crippen molar-refractivity contribution in [2.45, 2.75) is 32.0 Å². The van der Waals surface area contributed by atoms with Gasteiger partial charge in [0.15, 0.2) is 5.69 Å². The van der Waals surface area contributed by atoms with Gasteiger partial charge in [0, 0.05) is 32.0 Å². The molecule has 1 fully saturated rings. The predicted octanol–water partition coefficient (Wildman–Crippen LogP) is 2.81. The summed E-state index contributed by atoms with van der Waals surface area (Å²) in [4.78, 5) is 26.6. The Morgan fingerprint density at radius 2 is 1.86 bits per heavy atom. The summed E-state index contributed by atoms with van der Waals surface area (Å²) in [6.45, 7) is 2.26. The molecule has 0 bridgehead atoms. The Morgan fingerprint density at radius 3 is 2.46 bits per heavy atom. The van der Waals surface area contributed by atoms with Crippen LogP contribution in [0.2, 0.25) is 0 Å². The molecule has 1 aromatic carbocycles. The van der Waals surface area contributed by atoms with Gasteiger partial charge in [0.1, 0.15) is 0 Å². The molecule has 1 aromatic heterocycles. The van der Waals surface area contributed by atoms with Crippen LogP contribution in [0.15, 0.2) is 35.1 Å². The van der Waals surface area contributed by atoms with E-state index in [4.69, 9.17) is 4.74 Å². The second-order valence-electron chi connectivity index (χ2n) is 6.65. The molecule has 28 heavy (non-hydrogen) atoms. The number of para-hydroxylation sites is 1. The summed E-state index contributed by atoms with van der Waals surface area (Å²) in [6, 6.07) is 6.05. The number of rotatable bonds is 3. The molecule has 150 valence electrons. The fraction of sp³-hybridized carbons (Fsp3) is 0.421. The third-order valence-electron chi connectivity index (χ3n) is 4.81. The number of likely N-dealkylation sites (tertiary alicyclic amines) is 1. The Labute approximate surface area is 159 Å². The van der Waals surface area contributed by atoms with Gasteiger partial charge < -0.3 is 9.64 Å². The number of carbonyl (C=O) groups is 1. The number of halogens is 3. The molecule has 9 heteroatoms. The van der Waals surface area contributed by atoms with Crippen molar-refractivity contribution >= 4 is 5.91 Å². The van der Waals surface area contributed by atoms with Gasteiger partial charge in [0.25, 0.3) is 5.91 Å². The second kappa shape index (κ2) is 7.75. The van der Waals surface area contributed by atoms with Crippen LogP contribution in [0.4, 0.5) is 13.2 Å². The molecule has 0 unspecified atom stereocenters. The highest BCUT2D eigenvalue weighted by molar-refractivity contribution is 5.92. The first-order chi connectivity index (χ1) is 13.2. The topological polar surface area (TPSA) is 64.4 Å². The lowest BCUT2D eigenvalue weighted by atomic mass is 10.1. The van der Waals surface area contributed by atoms with E-state index in [9.17, 15) is 22.8 Å². The summed E-state index contributed by atoms with van der Waals surface area (Å²) >= 11 is 0. The van der Waals surface area contributed by atoms with E-state index in [1.807, 2.05) is 0 Å². The number of carbonyl (C=O) groups excluding carboxylic acids is 1. The van der Waals surface area contributed by atoms with Crippen LogP contribution < -0.4 is 5.43 Å². The van der Waals surface area contributed by atoms with Crippen molar-refractivity contribution < 1.29 is 22.7 Å². The van der Waals surface area contributed by atoms with Crippen LogP contribution in [0.1, 0.15) is 34.6 Å². The first kappa shape index (κ1) is 20.1. The summed E-state index contributed by atoms with van der Waals surface area (Å²) in [5.74, 6) is -0.585. The molecule has 1 aliphatic heterocycles. The number of aromatic nitrogens is 2. The van der Waals surface area contributed by atoms with Gasteiger partial charge in [-0.1, -0.05) is 12.1 Å². The van der Waals surface area contributed by atoms with Gasteiger partial charge in [-0.2, -0.15) is 18.3 Å². The van der Waals surface area contributed by atoms with E-state index in [2.05, 4.69) is 5.10 Å². The Bertz CT molecular complexity index is 932. The molecule has 0 radical (unpaired) electrons. The molecule has 2 heterocycles. The first-order valence-electron chi connectivity index (χ1n) is 8.82. The van der Waals surface area contributed by atoms with Crippen molar-refractivity contribution in [2.24, 2.45) is 0 Å². The van der Waals surface area contributed by atoms with Gasteiger partial charge in [-0.3, -0.25) is 9.59 Å². The van der Waals surface area contributed by atoms with Gasteiger partial charge in [-0.15, -0.1) is 0 Å². The number of nitrogens with zero attached hydrogens (tertiary/aromatic N) is 3. The minimum absolute atomic E-state index is 0.0466. The van der Waals surface area contributed by atoms with Crippen molar-refractivity contribution in [1.82, 2.24) is 14.7 Å². The molecule has 6 nitrogen and oxygen atoms in total. The largest absolute Gasteiger partial charge is 0.418 e. The smallest absolute Gasteiger partial charge is 0.381 e. The summed E-state index contributed by atoms with van der Waals surface area (Å²) in [7, 11) is 1.60. The maximum Gasteiger partial charge on any atom is 0.418 e. The summed E-state index contributed by atoms with van der Waals surface area (Å²) in [6.07, 6.45) is -3.30.